The molecular weight excluding hydrogens is 200 g/mol. The minimum Gasteiger partial charge on any atom is -0.464 e. The van der Waals surface area contributed by atoms with Gasteiger partial charge in [0.1, 0.15) is 0 Å². The molecule has 88 valence electrons. The van der Waals surface area contributed by atoms with Gasteiger partial charge in [-0.3, -0.25) is 4.79 Å². The van der Waals surface area contributed by atoms with E-state index >= 15 is 0 Å². The average Bonchev–Trinajstić information content (AvgIpc) is 2.23. The van der Waals surface area contributed by atoms with Gasteiger partial charge in [0.25, 0.3) is 0 Å². The molecule has 0 heterocycles. The van der Waals surface area contributed by atoms with Crippen LogP contribution in [0.2, 0.25) is 0 Å². The van der Waals surface area contributed by atoms with E-state index in [1.54, 1.807) is 6.92 Å². The lowest BCUT2D eigenvalue weighted by atomic mass is 10.3. The third-order valence-electron chi connectivity index (χ3n) is 1.57. The van der Waals surface area contributed by atoms with Crippen LogP contribution in [-0.4, -0.2) is 44.3 Å². The maximum absolute atomic E-state index is 11.2. The second kappa shape index (κ2) is 8.19. The SMILES string of the molecule is CCOCCNC(=O)C(N)C(=O)OCC. The number of carbonyl (C=O) groups is 2. The van der Waals surface area contributed by atoms with Gasteiger partial charge in [0, 0.05) is 13.2 Å². The van der Waals surface area contributed by atoms with E-state index in [-0.39, 0.29) is 6.61 Å². The molecule has 0 bridgehead atoms. The first kappa shape index (κ1) is 13.9. The van der Waals surface area contributed by atoms with Crippen molar-refractivity contribution >= 4 is 11.9 Å². The predicted molar refractivity (Wildman–Crippen MR) is 54.1 cm³/mol. The van der Waals surface area contributed by atoms with E-state index in [9.17, 15) is 9.59 Å². The molecular formula is C9H18N2O4. The van der Waals surface area contributed by atoms with Crippen LogP contribution in [0.3, 0.4) is 0 Å². The molecule has 6 nitrogen and oxygen atoms in total. The van der Waals surface area contributed by atoms with E-state index in [1.165, 1.54) is 0 Å². The topological polar surface area (TPSA) is 90.6 Å². The molecule has 0 radical (unpaired) electrons. The molecule has 0 saturated carbocycles. The number of hydrogen-bond donors (Lipinski definition) is 2. The normalized spacial score (nSPS) is 11.9. The van der Waals surface area contributed by atoms with Crippen molar-refractivity contribution in [2.45, 2.75) is 19.9 Å². The highest BCUT2D eigenvalue weighted by molar-refractivity contribution is 6.01. The monoisotopic (exact) mass is 218 g/mol. The average molecular weight is 218 g/mol. The Balaban J connectivity index is 3.73. The molecule has 15 heavy (non-hydrogen) atoms. The molecule has 3 N–H and O–H groups in total. The fraction of sp³-hybridized carbons (Fsp3) is 0.778. The van der Waals surface area contributed by atoms with Crippen LogP contribution < -0.4 is 11.1 Å². The molecule has 0 aromatic carbocycles. The molecule has 0 aromatic rings. The Bertz CT molecular complexity index is 208. The number of carbonyl (C=O) groups excluding carboxylic acids is 2. The van der Waals surface area contributed by atoms with Gasteiger partial charge in [-0.05, 0) is 13.8 Å². The van der Waals surface area contributed by atoms with Crippen LogP contribution in [0.1, 0.15) is 13.8 Å². The van der Waals surface area contributed by atoms with E-state index in [1.807, 2.05) is 6.92 Å². The Morgan fingerprint density at radius 1 is 1.33 bits per heavy atom. The van der Waals surface area contributed by atoms with E-state index < -0.39 is 17.9 Å². The highest BCUT2D eigenvalue weighted by atomic mass is 16.5. The number of ether oxygens (including phenoxy) is 2. The summed E-state index contributed by atoms with van der Waals surface area (Å²) < 4.78 is 9.60. The summed E-state index contributed by atoms with van der Waals surface area (Å²) in [5, 5.41) is 2.47. The van der Waals surface area contributed by atoms with E-state index in [4.69, 9.17) is 10.5 Å². The predicted octanol–water partition coefficient (Wildman–Crippen LogP) is -0.970. The van der Waals surface area contributed by atoms with Gasteiger partial charge in [0.05, 0.1) is 13.2 Å². The minimum absolute atomic E-state index is 0.207. The van der Waals surface area contributed by atoms with Gasteiger partial charge in [-0.25, -0.2) is 4.79 Å². The molecule has 0 aliphatic carbocycles. The third kappa shape index (κ3) is 6.03. The Hall–Kier alpha value is -1.14. The molecule has 1 amide bonds. The molecule has 0 saturated heterocycles. The number of nitrogens with one attached hydrogen (secondary N) is 1. The minimum atomic E-state index is -1.26. The van der Waals surface area contributed by atoms with Gasteiger partial charge in [0.15, 0.2) is 6.04 Å². The first-order chi connectivity index (χ1) is 7.13. The van der Waals surface area contributed by atoms with E-state index in [0.29, 0.717) is 19.8 Å². The van der Waals surface area contributed by atoms with Crippen molar-refractivity contribution in [3.8, 4) is 0 Å². The second-order valence-electron chi connectivity index (χ2n) is 2.72. The summed E-state index contributed by atoms with van der Waals surface area (Å²) in [6, 6.07) is -1.26. The molecule has 6 heteroatoms. The Labute approximate surface area is 89.1 Å². The second-order valence-corrected chi connectivity index (χ2v) is 2.72. The van der Waals surface area contributed by atoms with Crippen LogP contribution in [0.25, 0.3) is 0 Å². The van der Waals surface area contributed by atoms with Crippen molar-refractivity contribution < 1.29 is 19.1 Å². The lowest BCUT2D eigenvalue weighted by molar-refractivity contribution is -0.148. The zero-order valence-electron chi connectivity index (χ0n) is 9.12. The zero-order valence-corrected chi connectivity index (χ0v) is 9.12. The largest absolute Gasteiger partial charge is 0.464 e. The molecule has 0 fully saturated rings. The fourth-order valence-corrected chi connectivity index (χ4v) is 0.840. The summed E-state index contributed by atoms with van der Waals surface area (Å²) in [6.07, 6.45) is 0. The summed E-state index contributed by atoms with van der Waals surface area (Å²) in [6.45, 7) is 5.03. The Morgan fingerprint density at radius 2 is 2.00 bits per heavy atom. The molecule has 0 aromatic heterocycles. The number of rotatable bonds is 7. The fourth-order valence-electron chi connectivity index (χ4n) is 0.840. The molecule has 0 spiro atoms. The van der Waals surface area contributed by atoms with Crippen LogP contribution in [-0.2, 0) is 19.1 Å². The first-order valence-corrected chi connectivity index (χ1v) is 4.91. The number of esters is 1. The van der Waals surface area contributed by atoms with Gasteiger partial charge in [-0.1, -0.05) is 0 Å². The van der Waals surface area contributed by atoms with Crippen molar-refractivity contribution in [3.05, 3.63) is 0 Å². The number of nitrogens with two attached hydrogens (primary N) is 1. The van der Waals surface area contributed by atoms with Gasteiger partial charge in [0.2, 0.25) is 5.91 Å². The molecule has 1 unspecified atom stereocenters. The highest BCUT2D eigenvalue weighted by Crippen LogP contribution is 1.86. The van der Waals surface area contributed by atoms with Crippen LogP contribution in [0.5, 0.6) is 0 Å². The Kier molecular flexibility index (Phi) is 7.57. The van der Waals surface area contributed by atoms with Gasteiger partial charge < -0.3 is 20.5 Å². The molecule has 0 aliphatic heterocycles. The van der Waals surface area contributed by atoms with Gasteiger partial charge in [-0.2, -0.15) is 0 Å². The van der Waals surface area contributed by atoms with Crippen LogP contribution in [0.4, 0.5) is 0 Å². The smallest absolute Gasteiger partial charge is 0.332 e. The summed E-state index contributed by atoms with van der Waals surface area (Å²) in [7, 11) is 0. The standard InChI is InChI=1S/C9H18N2O4/c1-3-14-6-5-11-8(12)7(10)9(13)15-4-2/h7H,3-6,10H2,1-2H3,(H,11,12). The lowest BCUT2D eigenvalue weighted by Crippen LogP contribution is -2.47. The van der Waals surface area contributed by atoms with Crippen molar-refractivity contribution in [2.24, 2.45) is 5.73 Å². The maximum atomic E-state index is 11.2. The summed E-state index contributed by atoms with van der Waals surface area (Å²) in [4.78, 5) is 22.3. The molecule has 1 atom stereocenters. The molecule has 0 aliphatic rings. The zero-order chi connectivity index (χ0) is 11.7. The quantitative estimate of drug-likeness (QED) is 0.326. The van der Waals surface area contributed by atoms with Gasteiger partial charge in [-0.15, -0.1) is 0 Å². The van der Waals surface area contributed by atoms with Crippen LogP contribution in [0.15, 0.2) is 0 Å². The summed E-state index contributed by atoms with van der Waals surface area (Å²) >= 11 is 0. The first-order valence-electron chi connectivity index (χ1n) is 4.91. The lowest BCUT2D eigenvalue weighted by Gasteiger charge is -2.10. The van der Waals surface area contributed by atoms with Crippen molar-refractivity contribution in [1.29, 1.82) is 0 Å². The molecule has 0 rings (SSSR count). The summed E-state index contributed by atoms with van der Waals surface area (Å²) in [5.41, 5.74) is 5.33. The number of amides is 1. The van der Waals surface area contributed by atoms with Crippen molar-refractivity contribution in [2.75, 3.05) is 26.4 Å². The summed E-state index contributed by atoms with van der Waals surface area (Å²) in [5.74, 6) is -1.26. The number of hydrogen-bond acceptors (Lipinski definition) is 5. The van der Waals surface area contributed by atoms with Crippen molar-refractivity contribution in [3.63, 3.8) is 0 Å². The van der Waals surface area contributed by atoms with Gasteiger partial charge >= 0.3 is 5.97 Å². The van der Waals surface area contributed by atoms with Crippen molar-refractivity contribution in [1.82, 2.24) is 5.32 Å². The van der Waals surface area contributed by atoms with E-state index in [2.05, 4.69) is 10.1 Å². The van der Waals surface area contributed by atoms with E-state index in [0.717, 1.165) is 0 Å². The van der Waals surface area contributed by atoms with Crippen LogP contribution in [0, 0.1) is 0 Å². The Morgan fingerprint density at radius 3 is 2.53 bits per heavy atom. The highest BCUT2D eigenvalue weighted by Gasteiger charge is 2.22. The third-order valence-corrected chi connectivity index (χ3v) is 1.57. The maximum Gasteiger partial charge on any atom is 0.332 e. The van der Waals surface area contributed by atoms with Crippen LogP contribution >= 0.6 is 0 Å².